The molecule has 1 atom stereocenters. The van der Waals surface area contributed by atoms with Gasteiger partial charge in [-0.2, -0.15) is 0 Å². The van der Waals surface area contributed by atoms with Crippen LogP contribution in [-0.4, -0.2) is 41.9 Å². The maximum Gasteiger partial charge on any atom is 0.179 e. The van der Waals surface area contributed by atoms with Crippen LogP contribution < -0.4 is 5.32 Å². The lowest BCUT2D eigenvalue weighted by molar-refractivity contribution is 0.398. The fourth-order valence-electron chi connectivity index (χ4n) is 2.76. The summed E-state index contributed by atoms with van der Waals surface area (Å²) in [6.45, 7) is 0.882. The summed E-state index contributed by atoms with van der Waals surface area (Å²) in [4.78, 5) is -1.20. The van der Waals surface area contributed by atoms with Gasteiger partial charge >= 0.3 is 0 Å². The van der Waals surface area contributed by atoms with Gasteiger partial charge in [-0.05, 0) is 43.5 Å². The smallest absolute Gasteiger partial charge is 0.179 e. The molecule has 124 valence electrons. The summed E-state index contributed by atoms with van der Waals surface area (Å²) in [7, 11) is -7.81. The predicted molar refractivity (Wildman–Crippen MR) is 82.0 cm³/mol. The Bertz CT molecular complexity index is 766. The molecule has 0 aliphatic carbocycles. The SMILES string of the molecule is CS(=O)(=O)c1cc(CC2CCCCN2)cc(F)c1S(C)(=O)=O. The Hall–Kier alpha value is -0.990. The van der Waals surface area contributed by atoms with Gasteiger partial charge in [0, 0.05) is 18.6 Å². The van der Waals surface area contributed by atoms with E-state index in [0.717, 1.165) is 44.4 Å². The fourth-order valence-corrected chi connectivity index (χ4v) is 5.30. The van der Waals surface area contributed by atoms with Gasteiger partial charge in [0.15, 0.2) is 19.7 Å². The quantitative estimate of drug-likeness (QED) is 0.887. The molecule has 22 heavy (non-hydrogen) atoms. The molecule has 0 aromatic heterocycles. The van der Waals surface area contributed by atoms with Gasteiger partial charge in [0.1, 0.15) is 10.7 Å². The van der Waals surface area contributed by atoms with Crippen molar-refractivity contribution in [1.29, 1.82) is 0 Å². The minimum Gasteiger partial charge on any atom is -0.314 e. The van der Waals surface area contributed by atoms with Gasteiger partial charge in [0.2, 0.25) is 0 Å². The third-order valence-corrected chi connectivity index (χ3v) is 6.14. The first-order valence-electron chi connectivity index (χ1n) is 7.05. The summed E-state index contributed by atoms with van der Waals surface area (Å²) in [5.41, 5.74) is 0.490. The molecule has 0 saturated carbocycles. The van der Waals surface area contributed by atoms with Crippen molar-refractivity contribution in [2.24, 2.45) is 0 Å². The first-order valence-corrected chi connectivity index (χ1v) is 10.8. The topological polar surface area (TPSA) is 80.3 Å². The molecule has 0 spiro atoms. The van der Waals surface area contributed by atoms with Crippen molar-refractivity contribution in [2.75, 3.05) is 19.1 Å². The standard InChI is InChI=1S/C14H20FNO4S2/c1-21(17,18)13-9-10(7-11-5-3-4-6-16-11)8-12(15)14(13)22(2,19)20/h8-9,11,16H,3-7H2,1-2H3. The Morgan fingerprint density at radius 1 is 1.14 bits per heavy atom. The first-order chi connectivity index (χ1) is 10.1. The molecule has 1 aliphatic heterocycles. The van der Waals surface area contributed by atoms with Crippen LogP contribution in [0.3, 0.4) is 0 Å². The van der Waals surface area contributed by atoms with Crippen molar-refractivity contribution >= 4 is 19.7 Å². The molecule has 1 heterocycles. The Kier molecular flexibility index (Phi) is 4.93. The monoisotopic (exact) mass is 349 g/mol. The normalized spacial score (nSPS) is 20.0. The summed E-state index contributed by atoms with van der Waals surface area (Å²) >= 11 is 0. The number of rotatable bonds is 4. The lowest BCUT2D eigenvalue weighted by atomic mass is 9.98. The van der Waals surface area contributed by atoms with E-state index in [4.69, 9.17) is 0 Å². The van der Waals surface area contributed by atoms with E-state index in [2.05, 4.69) is 5.32 Å². The highest BCUT2D eigenvalue weighted by atomic mass is 32.2. The van der Waals surface area contributed by atoms with Crippen LogP contribution in [0.2, 0.25) is 0 Å². The van der Waals surface area contributed by atoms with Crippen LogP contribution in [0.25, 0.3) is 0 Å². The highest BCUT2D eigenvalue weighted by Gasteiger charge is 2.26. The van der Waals surface area contributed by atoms with Crippen molar-refractivity contribution in [3.63, 3.8) is 0 Å². The van der Waals surface area contributed by atoms with Crippen molar-refractivity contribution < 1.29 is 21.2 Å². The van der Waals surface area contributed by atoms with Crippen molar-refractivity contribution in [2.45, 2.75) is 41.5 Å². The van der Waals surface area contributed by atoms with Crippen LogP contribution in [0, 0.1) is 5.82 Å². The molecule has 1 aromatic rings. The molecule has 5 nitrogen and oxygen atoms in total. The van der Waals surface area contributed by atoms with E-state index < -0.39 is 35.3 Å². The number of halogens is 1. The van der Waals surface area contributed by atoms with Gasteiger partial charge in [-0.25, -0.2) is 21.2 Å². The minimum absolute atomic E-state index is 0.157. The van der Waals surface area contributed by atoms with Gasteiger partial charge in [0.25, 0.3) is 0 Å². The highest BCUT2D eigenvalue weighted by molar-refractivity contribution is 7.93. The second-order valence-corrected chi connectivity index (χ2v) is 9.74. The first kappa shape index (κ1) is 17.4. The molecular weight excluding hydrogens is 329 g/mol. The van der Waals surface area contributed by atoms with E-state index in [0.29, 0.717) is 12.0 Å². The number of hydrogen-bond donors (Lipinski definition) is 1. The number of benzene rings is 1. The summed E-state index contributed by atoms with van der Waals surface area (Å²) < 4.78 is 61.3. The average molecular weight is 349 g/mol. The average Bonchev–Trinajstić information content (AvgIpc) is 2.36. The third-order valence-electron chi connectivity index (χ3n) is 3.73. The molecule has 0 bridgehead atoms. The van der Waals surface area contributed by atoms with Gasteiger partial charge < -0.3 is 5.32 Å². The lowest BCUT2D eigenvalue weighted by Gasteiger charge is -2.23. The Morgan fingerprint density at radius 2 is 1.82 bits per heavy atom. The maximum atomic E-state index is 14.2. The maximum absolute atomic E-state index is 14.2. The molecular formula is C14H20FNO4S2. The number of sulfone groups is 2. The van der Waals surface area contributed by atoms with Crippen LogP contribution in [0.5, 0.6) is 0 Å². The van der Waals surface area contributed by atoms with Crippen molar-refractivity contribution in [3.8, 4) is 0 Å². The summed E-state index contributed by atoms with van der Waals surface area (Å²) in [6, 6.07) is 2.57. The molecule has 0 amide bonds. The molecule has 1 aromatic carbocycles. The van der Waals surface area contributed by atoms with Crippen molar-refractivity contribution in [3.05, 3.63) is 23.5 Å². The van der Waals surface area contributed by atoms with E-state index in [1.807, 2.05) is 0 Å². The molecule has 1 N–H and O–H groups in total. The van der Waals surface area contributed by atoms with E-state index in [9.17, 15) is 21.2 Å². The van der Waals surface area contributed by atoms with Crippen LogP contribution in [-0.2, 0) is 26.1 Å². The number of hydrogen-bond acceptors (Lipinski definition) is 5. The van der Waals surface area contributed by atoms with Gasteiger partial charge in [-0.1, -0.05) is 6.42 Å². The van der Waals surface area contributed by atoms with E-state index in [-0.39, 0.29) is 6.04 Å². The third kappa shape index (κ3) is 4.05. The molecule has 1 unspecified atom stereocenters. The number of piperidine rings is 1. The predicted octanol–water partition coefficient (Wildman–Crippen LogP) is 1.32. The number of nitrogens with one attached hydrogen (secondary N) is 1. The summed E-state index contributed by atoms with van der Waals surface area (Å²) in [6.07, 6.45) is 5.27. The van der Waals surface area contributed by atoms with E-state index in [1.165, 1.54) is 6.07 Å². The molecule has 2 rings (SSSR count). The van der Waals surface area contributed by atoms with Crippen LogP contribution in [0.15, 0.2) is 21.9 Å². The molecule has 1 fully saturated rings. The fraction of sp³-hybridized carbons (Fsp3) is 0.571. The van der Waals surface area contributed by atoms with Crippen LogP contribution in [0.4, 0.5) is 4.39 Å². The minimum atomic E-state index is -3.97. The van der Waals surface area contributed by atoms with Gasteiger partial charge in [0.05, 0.1) is 4.90 Å². The lowest BCUT2D eigenvalue weighted by Crippen LogP contribution is -2.35. The zero-order valence-corrected chi connectivity index (χ0v) is 14.2. The van der Waals surface area contributed by atoms with Crippen LogP contribution in [0.1, 0.15) is 24.8 Å². The van der Waals surface area contributed by atoms with E-state index >= 15 is 0 Å². The summed E-state index contributed by atoms with van der Waals surface area (Å²) in [5.74, 6) is -1.00. The van der Waals surface area contributed by atoms with Crippen LogP contribution >= 0.6 is 0 Å². The second-order valence-electron chi connectivity index (χ2n) is 5.80. The van der Waals surface area contributed by atoms with Gasteiger partial charge in [-0.3, -0.25) is 0 Å². The Labute approximate surface area is 130 Å². The second kappa shape index (κ2) is 6.25. The molecule has 8 heteroatoms. The van der Waals surface area contributed by atoms with Gasteiger partial charge in [-0.15, -0.1) is 0 Å². The van der Waals surface area contributed by atoms with E-state index in [1.54, 1.807) is 0 Å². The zero-order chi connectivity index (χ0) is 16.5. The largest absolute Gasteiger partial charge is 0.314 e. The zero-order valence-electron chi connectivity index (χ0n) is 12.6. The summed E-state index contributed by atoms with van der Waals surface area (Å²) in [5, 5.41) is 3.30. The molecule has 1 aliphatic rings. The Morgan fingerprint density at radius 3 is 2.32 bits per heavy atom. The van der Waals surface area contributed by atoms with Crippen molar-refractivity contribution in [1.82, 2.24) is 5.32 Å². The molecule has 0 radical (unpaired) electrons. The Balaban J connectivity index is 2.49. The molecule has 1 saturated heterocycles. The highest BCUT2D eigenvalue weighted by Crippen LogP contribution is 2.27.